The van der Waals surface area contributed by atoms with Gasteiger partial charge in [0.1, 0.15) is 11.2 Å². The Morgan fingerprint density at radius 2 is 2.05 bits per heavy atom. The van der Waals surface area contributed by atoms with Gasteiger partial charge in [0.2, 0.25) is 0 Å². The molecule has 0 bridgehead atoms. The van der Waals surface area contributed by atoms with E-state index in [9.17, 15) is 22.8 Å². The molecule has 8 heteroatoms. The van der Waals surface area contributed by atoms with Gasteiger partial charge in [-0.3, -0.25) is 9.78 Å². The Labute approximate surface area is 117 Å². The van der Waals surface area contributed by atoms with Gasteiger partial charge in [0, 0.05) is 17.8 Å². The number of halogens is 3. The Morgan fingerprint density at radius 3 is 2.57 bits per heavy atom. The van der Waals surface area contributed by atoms with E-state index < -0.39 is 23.6 Å². The highest BCUT2D eigenvalue weighted by Crippen LogP contribution is 2.49. The maximum atomic E-state index is 12.8. The SMILES string of the molecule is O=C(O)/C=C/c1cccnc1C(=O)NC1(C(F)(F)F)CC1. The first kappa shape index (κ1) is 15.0. The summed E-state index contributed by atoms with van der Waals surface area (Å²) in [5.41, 5.74) is -2.30. The molecule has 0 aliphatic heterocycles. The highest BCUT2D eigenvalue weighted by Gasteiger charge is 2.64. The van der Waals surface area contributed by atoms with E-state index in [-0.39, 0.29) is 24.1 Å². The third-order valence-electron chi connectivity index (χ3n) is 3.10. The van der Waals surface area contributed by atoms with Gasteiger partial charge in [0.05, 0.1) is 0 Å². The van der Waals surface area contributed by atoms with Crippen LogP contribution in [0.3, 0.4) is 0 Å². The van der Waals surface area contributed by atoms with Crippen molar-refractivity contribution < 1.29 is 27.9 Å². The van der Waals surface area contributed by atoms with Crippen LogP contribution in [0.5, 0.6) is 0 Å². The first-order chi connectivity index (χ1) is 9.75. The van der Waals surface area contributed by atoms with Crippen molar-refractivity contribution in [1.82, 2.24) is 10.3 Å². The minimum Gasteiger partial charge on any atom is -0.478 e. The Balaban J connectivity index is 2.23. The van der Waals surface area contributed by atoms with Gasteiger partial charge in [-0.15, -0.1) is 0 Å². The Kier molecular flexibility index (Phi) is 3.71. The van der Waals surface area contributed by atoms with Gasteiger partial charge < -0.3 is 10.4 Å². The Morgan fingerprint density at radius 1 is 1.38 bits per heavy atom. The summed E-state index contributed by atoms with van der Waals surface area (Å²) in [5.74, 6) is -2.21. The third kappa shape index (κ3) is 3.21. The van der Waals surface area contributed by atoms with Crippen molar-refractivity contribution in [3.8, 4) is 0 Å². The number of amides is 1. The van der Waals surface area contributed by atoms with E-state index in [1.54, 1.807) is 0 Å². The van der Waals surface area contributed by atoms with Crippen molar-refractivity contribution in [2.75, 3.05) is 0 Å². The van der Waals surface area contributed by atoms with E-state index in [1.807, 2.05) is 5.32 Å². The quantitative estimate of drug-likeness (QED) is 0.834. The lowest BCUT2D eigenvalue weighted by molar-refractivity contribution is -0.163. The van der Waals surface area contributed by atoms with E-state index >= 15 is 0 Å². The van der Waals surface area contributed by atoms with Crippen LogP contribution in [0, 0.1) is 0 Å². The molecule has 1 heterocycles. The van der Waals surface area contributed by atoms with Gasteiger partial charge in [-0.1, -0.05) is 6.07 Å². The summed E-state index contributed by atoms with van der Waals surface area (Å²) >= 11 is 0. The van der Waals surface area contributed by atoms with Gasteiger partial charge in [0.25, 0.3) is 5.91 Å². The molecular weight excluding hydrogens is 289 g/mol. The molecule has 1 saturated carbocycles. The second-order valence-corrected chi connectivity index (χ2v) is 4.65. The highest BCUT2D eigenvalue weighted by molar-refractivity contribution is 5.97. The van der Waals surface area contributed by atoms with Crippen LogP contribution in [0.25, 0.3) is 6.08 Å². The summed E-state index contributed by atoms with van der Waals surface area (Å²) in [6, 6.07) is 2.85. The molecule has 1 aliphatic carbocycles. The molecule has 1 fully saturated rings. The number of carboxylic acids is 1. The molecular formula is C13H11F3N2O3. The number of aliphatic carboxylic acids is 1. The van der Waals surface area contributed by atoms with Crippen LogP contribution in [0.2, 0.25) is 0 Å². The van der Waals surface area contributed by atoms with Crippen molar-refractivity contribution in [3.05, 3.63) is 35.7 Å². The number of hydrogen-bond acceptors (Lipinski definition) is 3. The van der Waals surface area contributed by atoms with Crippen molar-refractivity contribution in [2.24, 2.45) is 0 Å². The minimum atomic E-state index is -4.52. The number of aromatic nitrogens is 1. The molecule has 0 atom stereocenters. The number of nitrogens with zero attached hydrogens (tertiary/aromatic N) is 1. The molecule has 1 aliphatic rings. The van der Waals surface area contributed by atoms with E-state index in [0.717, 1.165) is 12.2 Å². The van der Waals surface area contributed by atoms with Gasteiger partial charge in [-0.05, 0) is 25.0 Å². The molecule has 0 aromatic carbocycles. The average molecular weight is 300 g/mol. The van der Waals surface area contributed by atoms with E-state index in [0.29, 0.717) is 0 Å². The number of nitrogens with one attached hydrogen (secondary N) is 1. The van der Waals surface area contributed by atoms with E-state index in [1.165, 1.54) is 18.3 Å². The van der Waals surface area contributed by atoms with Crippen molar-refractivity contribution in [2.45, 2.75) is 24.6 Å². The molecule has 0 unspecified atom stereocenters. The van der Waals surface area contributed by atoms with Crippen molar-refractivity contribution >= 4 is 18.0 Å². The lowest BCUT2D eigenvalue weighted by atomic mass is 10.1. The number of pyridine rings is 1. The first-order valence-corrected chi connectivity index (χ1v) is 6.00. The molecule has 1 aromatic rings. The number of carbonyl (C=O) groups is 2. The minimum absolute atomic E-state index is 0.135. The number of carboxylic acid groups (broad SMARTS) is 1. The van der Waals surface area contributed by atoms with E-state index in [4.69, 9.17) is 5.11 Å². The zero-order valence-electron chi connectivity index (χ0n) is 10.6. The monoisotopic (exact) mass is 300 g/mol. The summed E-state index contributed by atoms with van der Waals surface area (Å²) in [5, 5.41) is 10.5. The Bertz CT molecular complexity index is 607. The summed E-state index contributed by atoms with van der Waals surface area (Å²) in [6.45, 7) is 0. The zero-order valence-corrected chi connectivity index (χ0v) is 10.6. The lowest BCUT2D eigenvalue weighted by Gasteiger charge is -2.20. The summed E-state index contributed by atoms with van der Waals surface area (Å²) < 4.78 is 38.4. The largest absolute Gasteiger partial charge is 0.478 e. The second-order valence-electron chi connectivity index (χ2n) is 4.65. The molecule has 0 radical (unpaired) electrons. The van der Waals surface area contributed by atoms with Gasteiger partial charge in [-0.25, -0.2) is 4.79 Å². The summed E-state index contributed by atoms with van der Waals surface area (Å²) in [6.07, 6.45) is -1.72. The van der Waals surface area contributed by atoms with Gasteiger partial charge in [0.15, 0.2) is 0 Å². The summed E-state index contributed by atoms with van der Waals surface area (Å²) in [7, 11) is 0. The number of rotatable bonds is 4. The van der Waals surface area contributed by atoms with Gasteiger partial charge >= 0.3 is 12.1 Å². The standard InChI is InChI=1S/C13H11F3N2O3/c14-13(15,16)12(5-6-12)18-11(21)10-8(2-1-7-17-10)3-4-9(19)20/h1-4,7H,5-6H2,(H,18,21)(H,19,20)/b4-3+. The van der Waals surface area contributed by atoms with Crippen LogP contribution in [-0.4, -0.2) is 33.7 Å². The molecule has 21 heavy (non-hydrogen) atoms. The highest BCUT2D eigenvalue weighted by atomic mass is 19.4. The van der Waals surface area contributed by atoms with Crippen LogP contribution >= 0.6 is 0 Å². The van der Waals surface area contributed by atoms with Crippen LogP contribution in [0.4, 0.5) is 13.2 Å². The fourth-order valence-electron chi connectivity index (χ4n) is 1.78. The predicted molar refractivity (Wildman–Crippen MR) is 66.4 cm³/mol. The Hall–Kier alpha value is -2.38. The number of hydrogen-bond donors (Lipinski definition) is 2. The molecule has 1 aromatic heterocycles. The van der Waals surface area contributed by atoms with Crippen LogP contribution in [-0.2, 0) is 4.79 Å². The molecule has 2 rings (SSSR count). The molecule has 2 N–H and O–H groups in total. The topological polar surface area (TPSA) is 79.3 Å². The van der Waals surface area contributed by atoms with Gasteiger partial charge in [-0.2, -0.15) is 13.2 Å². The van der Waals surface area contributed by atoms with Crippen molar-refractivity contribution in [3.63, 3.8) is 0 Å². The molecule has 1 amide bonds. The normalized spacial score (nSPS) is 16.7. The van der Waals surface area contributed by atoms with Crippen LogP contribution < -0.4 is 5.32 Å². The maximum absolute atomic E-state index is 12.8. The molecule has 5 nitrogen and oxygen atoms in total. The number of alkyl halides is 3. The molecule has 112 valence electrons. The lowest BCUT2D eigenvalue weighted by Crippen LogP contribution is -2.48. The van der Waals surface area contributed by atoms with Crippen LogP contribution in [0.1, 0.15) is 28.9 Å². The zero-order chi connectivity index (χ0) is 15.7. The predicted octanol–water partition coefficient (Wildman–Crippen LogP) is 2.00. The molecule has 0 spiro atoms. The molecule has 0 saturated heterocycles. The maximum Gasteiger partial charge on any atom is 0.411 e. The van der Waals surface area contributed by atoms with E-state index in [2.05, 4.69) is 4.98 Å². The first-order valence-electron chi connectivity index (χ1n) is 6.00. The fraction of sp³-hybridized carbons (Fsp3) is 0.308. The van der Waals surface area contributed by atoms with Crippen molar-refractivity contribution in [1.29, 1.82) is 0 Å². The number of carbonyl (C=O) groups excluding carboxylic acids is 1. The smallest absolute Gasteiger partial charge is 0.411 e. The summed E-state index contributed by atoms with van der Waals surface area (Å²) in [4.78, 5) is 26.2. The average Bonchev–Trinajstić information content (AvgIpc) is 3.17. The van der Waals surface area contributed by atoms with Crippen LogP contribution in [0.15, 0.2) is 24.4 Å². The fourth-order valence-corrected chi connectivity index (χ4v) is 1.78. The second kappa shape index (κ2) is 5.19. The third-order valence-corrected chi connectivity index (χ3v) is 3.10.